The number of hydrogen-bond acceptors (Lipinski definition) is 8. The molecule has 0 atom stereocenters. The molecule has 12 heteroatoms. The van der Waals surface area contributed by atoms with Crippen molar-refractivity contribution in [1.29, 1.82) is 5.26 Å². The summed E-state index contributed by atoms with van der Waals surface area (Å²) in [6.45, 7) is 7.39. The molecule has 2 aliphatic rings. The summed E-state index contributed by atoms with van der Waals surface area (Å²) in [5, 5.41) is 18.8. The lowest BCUT2D eigenvalue weighted by atomic mass is 10.0. The zero-order valence-corrected chi connectivity index (χ0v) is 29.6. The molecule has 0 bridgehead atoms. The number of carbonyl (C=O) groups excluding carboxylic acids is 1. The first kappa shape index (κ1) is 37.1. The number of carboxylic acid groups (broad SMARTS) is 1. The molecule has 0 radical (unpaired) electrons. The van der Waals surface area contributed by atoms with E-state index < -0.39 is 5.97 Å². The summed E-state index contributed by atoms with van der Waals surface area (Å²) in [4.78, 5) is 44.5. The zero-order valence-electron chi connectivity index (χ0n) is 28.0. The number of hydrogen-bond donors (Lipinski definition) is 1. The fourth-order valence-corrected chi connectivity index (χ4v) is 7.56. The van der Waals surface area contributed by atoms with Crippen LogP contribution >= 0.6 is 24.0 Å². The molecule has 0 spiro atoms. The van der Waals surface area contributed by atoms with Crippen LogP contribution in [-0.4, -0.2) is 63.5 Å². The molecule has 3 heterocycles. The lowest BCUT2D eigenvalue weighted by Gasteiger charge is -2.39. The number of halogens is 1. The summed E-state index contributed by atoms with van der Waals surface area (Å²) in [6.07, 6.45) is 11.4. The maximum absolute atomic E-state index is 13.7. The maximum atomic E-state index is 13.7. The van der Waals surface area contributed by atoms with Crippen LogP contribution in [0.1, 0.15) is 94.2 Å². The summed E-state index contributed by atoms with van der Waals surface area (Å²) < 4.78 is 15.8. The van der Waals surface area contributed by atoms with Gasteiger partial charge in [-0.2, -0.15) is 5.26 Å². The number of pyridine rings is 1. The van der Waals surface area contributed by atoms with Gasteiger partial charge < -0.3 is 14.9 Å². The molecule has 48 heavy (non-hydrogen) atoms. The van der Waals surface area contributed by atoms with Crippen molar-refractivity contribution in [3.63, 3.8) is 0 Å². The average Bonchev–Trinajstić information content (AvgIpc) is 3.34. The maximum Gasteiger partial charge on any atom is 0.303 e. The van der Waals surface area contributed by atoms with E-state index in [2.05, 4.69) is 22.8 Å². The van der Waals surface area contributed by atoms with E-state index in [1.807, 2.05) is 6.08 Å². The topological polar surface area (TPSA) is 110 Å². The fraction of sp³-hybridized carbons (Fsp3) is 0.528. The molecule has 1 aromatic carbocycles. The zero-order chi connectivity index (χ0) is 34.6. The predicted octanol–water partition coefficient (Wildman–Crippen LogP) is 7.09. The van der Waals surface area contributed by atoms with Crippen molar-refractivity contribution in [1.82, 2.24) is 9.47 Å². The highest BCUT2D eigenvalue weighted by molar-refractivity contribution is 8.26. The van der Waals surface area contributed by atoms with Crippen LogP contribution in [0, 0.1) is 24.1 Å². The van der Waals surface area contributed by atoms with Crippen LogP contribution in [0.15, 0.2) is 34.0 Å². The van der Waals surface area contributed by atoms with Crippen LogP contribution in [0.5, 0.6) is 0 Å². The molecule has 2 fully saturated rings. The van der Waals surface area contributed by atoms with Crippen molar-refractivity contribution in [3.05, 3.63) is 62.0 Å². The first-order valence-electron chi connectivity index (χ1n) is 17.1. The van der Waals surface area contributed by atoms with Gasteiger partial charge in [0, 0.05) is 56.9 Å². The van der Waals surface area contributed by atoms with Crippen LogP contribution in [0.2, 0.25) is 0 Å². The molecule has 258 valence electrons. The molecular weight excluding hydrogens is 650 g/mol. The fourth-order valence-electron chi connectivity index (χ4n) is 6.27. The predicted molar refractivity (Wildman–Crippen MR) is 195 cm³/mol. The molecule has 1 amide bonds. The molecule has 1 aromatic heterocycles. The monoisotopic (exact) mass is 695 g/mol. The van der Waals surface area contributed by atoms with Gasteiger partial charge in [0.15, 0.2) is 0 Å². The Hall–Kier alpha value is -3.69. The van der Waals surface area contributed by atoms with Crippen molar-refractivity contribution in [2.75, 3.05) is 42.5 Å². The van der Waals surface area contributed by atoms with Gasteiger partial charge >= 0.3 is 5.97 Å². The van der Waals surface area contributed by atoms with Gasteiger partial charge in [-0.1, -0.05) is 75.8 Å². The second-order valence-electron chi connectivity index (χ2n) is 12.4. The molecule has 4 rings (SSSR count). The molecule has 0 saturated carbocycles. The highest BCUT2D eigenvalue weighted by Gasteiger charge is 2.33. The third-order valence-corrected chi connectivity index (χ3v) is 10.4. The minimum absolute atomic E-state index is 0.0865. The number of carbonyl (C=O) groups is 2. The number of amides is 1. The van der Waals surface area contributed by atoms with Gasteiger partial charge in [-0.25, -0.2) is 4.39 Å². The van der Waals surface area contributed by atoms with Gasteiger partial charge in [0.1, 0.15) is 27.6 Å². The van der Waals surface area contributed by atoms with E-state index in [0.29, 0.717) is 59.6 Å². The third kappa shape index (κ3) is 9.47. The van der Waals surface area contributed by atoms with Gasteiger partial charge in [0.25, 0.3) is 11.5 Å². The number of carboxylic acids is 1. The molecule has 2 aromatic rings. The van der Waals surface area contributed by atoms with Crippen molar-refractivity contribution >= 4 is 57.8 Å². The first-order valence-corrected chi connectivity index (χ1v) is 18.3. The summed E-state index contributed by atoms with van der Waals surface area (Å²) in [5.41, 5.74) is 1.96. The average molecular weight is 696 g/mol. The lowest BCUT2D eigenvalue weighted by molar-refractivity contribution is -0.137. The first-order chi connectivity index (χ1) is 23.2. The van der Waals surface area contributed by atoms with E-state index in [1.165, 1.54) is 23.9 Å². The van der Waals surface area contributed by atoms with Crippen LogP contribution in [0.25, 0.3) is 6.08 Å². The molecule has 9 nitrogen and oxygen atoms in total. The van der Waals surface area contributed by atoms with Crippen molar-refractivity contribution < 1.29 is 19.1 Å². The smallest absolute Gasteiger partial charge is 0.303 e. The van der Waals surface area contributed by atoms with E-state index in [-0.39, 0.29) is 29.3 Å². The van der Waals surface area contributed by atoms with Crippen LogP contribution in [-0.2, 0) is 16.1 Å². The number of aliphatic carboxylic acids is 1. The minimum atomic E-state index is -0.739. The van der Waals surface area contributed by atoms with Crippen molar-refractivity contribution in [3.8, 4) is 6.07 Å². The van der Waals surface area contributed by atoms with E-state index in [1.54, 1.807) is 28.5 Å². The Morgan fingerprint density at radius 2 is 1.56 bits per heavy atom. The summed E-state index contributed by atoms with van der Waals surface area (Å²) in [6, 6.07) is 8.59. The number of unbranched alkanes of at least 4 members (excludes halogenated alkanes) is 8. The van der Waals surface area contributed by atoms with Gasteiger partial charge in [0.2, 0.25) is 0 Å². The number of thioether (sulfide) groups is 1. The van der Waals surface area contributed by atoms with Crippen LogP contribution < -0.4 is 15.4 Å². The van der Waals surface area contributed by atoms with E-state index in [0.717, 1.165) is 75.7 Å². The van der Waals surface area contributed by atoms with Gasteiger partial charge in [0.05, 0.1) is 4.91 Å². The molecule has 2 aliphatic heterocycles. The van der Waals surface area contributed by atoms with Crippen molar-refractivity contribution in [2.24, 2.45) is 0 Å². The van der Waals surface area contributed by atoms with Gasteiger partial charge in [-0.05, 0) is 62.1 Å². The highest BCUT2D eigenvalue weighted by Crippen LogP contribution is 2.36. The normalized spacial score (nSPS) is 15.9. The number of benzene rings is 1. The Kier molecular flexibility index (Phi) is 14.1. The van der Waals surface area contributed by atoms with E-state index in [4.69, 9.17) is 17.3 Å². The number of rotatable bonds is 17. The van der Waals surface area contributed by atoms with Gasteiger partial charge in [-0.15, -0.1) is 0 Å². The van der Waals surface area contributed by atoms with Crippen molar-refractivity contribution in [2.45, 2.75) is 91.0 Å². The Labute approximate surface area is 292 Å². The number of thiocarbonyl (C=S) groups is 1. The number of nitriles is 1. The molecule has 2 saturated heterocycles. The molecule has 0 unspecified atom stereocenters. The SMILES string of the molecule is CCCCn1c(N2CCN(c3ccc(F)cc3)CC2)c(/C=C2/SC(=S)N(CCCCCCCCCCC(=O)O)C2=O)c(C)c(C#N)c1=O. The Morgan fingerprint density at radius 3 is 2.17 bits per heavy atom. The molecule has 1 N–H and O–H groups in total. The van der Waals surface area contributed by atoms with E-state index in [9.17, 15) is 24.0 Å². The molecular formula is C36H46FN5O4S2. The largest absolute Gasteiger partial charge is 0.481 e. The Bertz CT molecular complexity index is 1590. The second kappa shape index (κ2) is 18.2. The molecule has 0 aliphatic carbocycles. The second-order valence-corrected chi connectivity index (χ2v) is 14.1. The summed E-state index contributed by atoms with van der Waals surface area (Å²) in [5.74, 6) is -0.451. The highest BCUT2D eigenvalue weighted by atomic mass is 32.2. The third-order valence-electron chi connectivity index (χ3n) is 9.02. The lowest BCUT2D eigenvalue weighted by Crippen LogP contribution is -2.48. The number of anilines is 2. The minimum Gasteiger partial charge on any atom is -0.481 e. The number of piperazine rings is 1. The standard InChI is InChI=1S/C36H46FN5O4S2/c1-3-4-18-41-33(40-22-20-39(21-23-40)28-16-14-27(37)15-17-28)29(26(2)30(25-38)34(41)45)24-31-35(46)42(36(47)48-31)19-12-10-8-6-5-7-9-11-13-32(43)44/h14-17,24H,3-13,18-23H2,1-2H3,(H,43,44)/b31-24+. The number of aromatic nitrogens is 1. The van der Waals surface area contributed by atoms with Crippen LogP contribution in [0.4, 0.5) is 15.9 Å². The van der Waals surface area contributed by atoms with Crippen LogP contribution in [0.3, 0.4) is 0 Å². The van der Waals surface area contributed by atoms with E-state index >= 15 is 0 Å². The number of nitrogens with zero attached hydrogens (tertiary/aromatic N) is 5. The quantitative estimate of drug-likeness (QED) is 0.105. The van der Waals surface area contributed by atoms with Gasteiger partial charge in [-0.3, -0.25) is 23.9 Å². The summed E-state index contributed by atoms with van der Waals surface area (Å²) in [7, 11) is 0. The Balaban J connectivity index is 1.50. The summed E-state index contributed by atoms with van der Waals surface area (Å²) >= 11 is 6.90. The Morgan fingerprint density at radius 1 is 0.958 bits per heavy atom.